The van der Waals surface area contributed by atoms with Crippen molar-refractivity contribution in [1.82, 2.24) is 0 Å². The van der Waals surface area contributed by atoms with E-state index in [1.165, 1.54) is 0 Å². The predicted molar refractivity (Wildman–Crippen MR) is 92.2 cm³/mol. The molecule has 0 saturated heterocycles. The number of methoxy groups -OCH3 is 1. The minimum atomic E-state index is -0.620. The molecule has 1 unspecified atom stereocenters. The minimum Gasteiger partial charge on any atom is -0.497 e. The first-order valence-electron chi connectivity index (χ1n) is 8.18. The third-order valence-corrected chi connectivity index (χ3v) is 3.92. The Morgan fingerprint density at radius 3 is 2.52 bits per heavy atom. The van der Waals surface area contributed by atoms with Crippen LogP contribution in [0.25, 0.3) is 0 Å². The third-order valence-electron chi connectivity index (χ3n) is 3.92. The average molecular weight is 342 g/mol. The van der Waals surface area contributed by atoms with E-state index in [1.807, 2.05) is 19.1 Å². The van der Waals surface area contributed by atoms with E-state index in [9.17, 15) is 10.1 Å². The number of esters is 1. The standard InChI is InChI=1S/C19H22N2O4/c1-4-6-15-17(19(22)24-5-2)16(14(11-20)18(21)25-15)12-7-9-13(23-3)10-8-12/h7-10,16H,4-6,21H2,1-3H3. The topological polar surface area (TPSA) is 94.6 Å². The van der Waals surface area contributed by atoms with Gasteiger partial charge in [0.15, 0.2) is 0 Å². The molecule has 1 aromatic carbocycles. The van der Waals surface area contributed by atoms with Crippen molar-refractivity contribution in [1.29, 1.82) is 5.26 Å². The van der Waals surface area contributed by atoms with E-state index in [0.29, 0.717) is 23.5 Å². The molecule has 0 aliphatic carbocycles. The maximum Gasteiger partial charge on any atom is 0.338 e. The van der Waals surface area contributed by atoms with Gasteiger partial charge in [0.1, 0.15) is 23.2 Å². The summed E-state index contributed by atoms with van der Waals surface area (Å²) in [6, 6.07) is 9.24. The molecule has 1 aliphatic heterocycles. The number of nitrogens with zero attached hydrogens (tertiary/aromatic N) is 1. The van der Waals surface area contributed by atoms with Gasteiger partial charge in [0.2, 0.25) is 5.88 Å². The van der Waals surface area contributed by atoms with Gasteiger partial charge in [-0.1, -0.05) is 19.1 Å². The summed E-state index contributed by atoms with van der Waals surface area (Å²) in [5, 5.41) is 9.57. The van der Waals surface area contributed by atoms with Crippen LogP contribution in [-0.4, -0.2) is 19.7 Å². The van der Waals surface area contributed by atoms with Gasteiger partial charge in [-0.05, 0) is 31.0 Å². The number of rotatable bonds is 6. The van der Waals surface area contributed by atoms with E-state index >= 15 is 0 Å². The van der Waals surface area contributed by atoms with E-state index in [2.05, 4.69) is 6.07 Å². The highest BCUT2D eigenvalue weighted by Gasteiger charge is 2.37. The smallest absolute Gasteiger partial charge is 0.338 e. The lowest BCUT2D eigenvalue weighted by Crippen LogP contribution is -2.26. The highest BCUT2D eigenvalue weighted by atomic mass is 16.5. The van der Waals surface area contributed by atoms with Crippen LogP contribution in [0, 0.1) is 11.3 Å². The zero-order valence-electron chi connectivity index (χ0n) is 14.7. The summed E-state index contributed by atoms with van der Waals surface area (Å²) in [4.78, 5) is 12.6. The second-order valence-corrected chi connectivity index (χ2v) is 5.51. The van der Waals surface area contributed by atoms with Gasteiger partial charge in [-0.15, -0.1) is 0 Å². The van der Waals surface area contributed by atoms with Crippen molar-refractivity contribution in [3.63, 3.8) is 0 Å². The van der Waals surface area contributed by atoms with Crippen molar-refractivity contribution in [2.45, 2.75) is 32.6 Å². The van der Waals surface area contributed by atoms with Gasteiger partial charge >= 0.3 is 5.97 Å². The number of hydrogen-bond acceptors (Lipinski definition) is 6. The maximum absolute atomic E-state index is 12.6. The van der Waals surface area contributed by atoms with E-state index in [-0.39, 0.29) is 18.1 Å². The number of carbonyl (C=O) groups is 1. The molecule has 6 nitrogen and oxygen atoms in total. The number of allylic oxidation sites excluding steroid dienone is 2. The monoisotopic (exact) mass is 342 g/mol. The molecule has 0 aromatic heterocycles. The molecule has 0 bridgehead atoms. The van der Waals surface area contributed by atoms with Crippen molar-refractivity contribution < 1.29 is 19.0 Å². The molecule has 132 valence electrons. The van der Waals surface area contributed by atoms with Crippen molar-refractivity contribution in [2.24, 2.45) is 5.73 Å². The highest BCUT2D eigenvalue weighted by Crippen LogP contribution is 2.41. The Kier molecular flexibility index (Phi) is 6.07. The van der Waals surface area contributed by atoms with Gasteiger partial charge in [0.25, 0.3) is 0 Å². The van der Waals surface area contributed by atoms with E-state index in [1.54, 1.807) is 26.2 Å². The van der Waals surface area contributed by atoms with Crippen LogP contribution < -0.4 is 10.5 Å². The summed E-state index contributed by atoms with van der Waals surface area (Å²) < 4.78 is 16.0. The fourth-order valence-electron chi connectivity index (χ4n) is 2.79. The zero-order valence-corrected chi connectivity index (χ0v) is 14.7. The molecule has 1 atom stereocenters. The van der Waals surface area contributed by atoms with Gasteiger partial charge in [-0.2, -0.15) is 5.26 Å². The number of carbonyl (C=O) groups excluding carboxylic acids is 1. The summed E-state index contributed by atoms with van der Waals surface area (Å²) in [6.45, 7) is 3.94. The average Bonchev–Trinajstić information content (AvgIpc) is 2.61. The molecule has 0 amide bonds. The fourth-order valence-corrected chi connectivity index (χ4v) is 2.79. The number of benzene rings is 1. The first kappa shape index (κ1) is 18.4. The van der Waals surface area contributed by atoms with E-state index in [0.717, 1.165) is 12.0 Å². The molecule has 2 N–H and O–H groups in total. The molecule has 0 fully saturated rings. The van der Waals surface area contributed by atoms with Gasteiger partial charge < -0.3 is 19.9 Å². The Morgan fingerprint density at radius 2 is 2.00 bits per heavy atom. The van der Waals surface area contributed by atoms with Crippen LogP contribution in [0.1, 0.15) is 38.2 Å². The highest BCUT2D eigenvalue weighted by molar-refractivity contribution is 5.92. The SMILES string of the molecule is CCCC1=C(C(=O)OCC)C(c2ccc(OC)cc2)C(C#N)=C(N)O1. The second kappa shape index (κ2) is 8.25. The molecule has 1 aliphatic rings. The normalized spacial score (nSPS) is 17.0. The van der Waals surface area contributed by atoms with Crippen molar-refractivity contribution >= 4 is 5.97 Å². The summed E-state index contributed by atoms with van der Waals surface area (Å²) in [7, 11) is 1.57. The Balaban J connectivity index is 2.61. The largest absolute Gasteiger partial charge is 0.497 e. The van der Waals surface area contributed by atoms with Crippen LogP contribution in [-0.2, 0) is 14.3 Å². The molecule has 1 aromatic rings. The predicted octanol–water partition coefficient (Wildman–Crippen LogP) is 3.12. The number of hydrogen-bond donors (Lipinski definition) is 1. The van der Waals surface area contributed by atoms with Gasteiger partial charge in [0, 0.05) is 6.42 Å². The summed E-state index contributed by atoms with van der Waals surface area (Å²) in [5.74, 6) is 0.0528. The lowest BCUT2D eigenvalue weighted by atomic mass is 9.82. The molecule has 25 heavy (non-hydrogen) atoms. The van der Waals surface area contributed by atoms with E-state index < -0.39 is 11.9 Å². The lowest BCUT2D eigenvalue weighted by molar-refractivity contribution is -0.139. The van der Waals surface area contributed by atoms with Gasteiger partial charge in [-0.25, -0.2) is 4.79 Å². The van der Waals surface area contributed by atoms with Crippen LogP contribution in [0.4, 0.5) is 0 Å². The minimum absolute atomic E-state index is 0.0276. The Morgan fingerprint density at radius 1 is 1.32 bits per heavy atom. The summed E-state index contributed by atoms with van der Waals surface area (Å²) in [6.07, 6.45) is 1.29. The molecular formula is C19H22N2O4. The molecule has 0 radical (unpaired) electrons. The first-order chi connectivity index (χ1) is 12.1. The number of ether oxygens (including phenoxy) is 3. The Bertz CT molecular complexity index is 742. The molecule has 2 rings (SSSR count). The van der Waals surface area contributed by atoms with Crippen LogP contribution in [0.2, 0.25) is 0 Å². The molecular weight excluding hydrogens is 320 g/mol. The molecule has 0 spiro atoms. The number of nitrogens with two attached hydrogens (primary N) is 1. The van der Waals surface area contributed by atoms with Gasteiger partial charge in [0.05, 0.1) is 25.2 Å². The molecule has 6 heteroatoms. The maximum atomic E-state index is 12.6. The fraction of sp³-hybridized carbons (Fsp3) is 0.368. The van der Waals surface area contributed by atoms with Crippen LogP contribution >= 0.6 is 0 Å². The van der Waals surface area contributed by atoms with Crippen LogP contribution in [0.15, 0.2) is 47.1 Å². The van der Waals surface area contributed by atoms with Crippen LogP contribution in [0.5, 0.6) is 5.75 Å². The van der Waals surface area contributed by atoms with Crippen molar-refractivity contribution in [2.75, 3.05) is 13.7 Å². The quantitative estimate of drug-likeness (QED) is 0.798. The summed E-state index contributed by atoms with van der Waals surface area (Å²) >= 11 is 0. The third kappa shape index (κ3) is 3.77. The Hall–Kier alpha value is -2.94. The second-order valence-electron chi connectivity index (χ2n) is 5.51. The van der Waals surface area contributed by atoms with E-state index in [4.69, 9.17) is 19.9 Å². The Labute approximate surface area is 147 Å². The van der Waals surface area contributed by atoms with Crippen LogP contribution in [0.3, 0.4) is 0 Å². The van der Waals surface area contributed by atoms with Gasteiger partial charge in [-0.3, -0.25) is 0 Å². The van der Waals surface area contributed by atoms with Crippen molar-refractivity contribution in [3.05, 3.63) is 52.6 Å². The zero-order chi connectivity index (χ0) is 18.4. The van der Waals surface area contributed by atoms with Crippen molar-refractivity contribution in [3.8, 4) is 11.8 Å². The molecule has 1 heterocycles. The summed E-state index contributed by atoms with van der Waals surface area (Å²) in [5.41, 5.74) is 7.24. The molecule has 0 saturated carbocycles. The first-order valence-corrected chi connectivity index (χ1v) is 8.18. The lowest BCUT2D eigenvalue weighted by Gasteiger charge is -2.28. The number of nitriles is 1.